The van der Waals surface area contributed by atoms with Crippen LogP contribution < -0.4 is 5.32 Å². The van der Waals surface area contributed by atoms with Crippen molar-refractivity contribution < 1.29 is 4.79 Å². The standard InChI is InChI=1S/C21H29BrN2O/c1-16(2)8-13-24-14-9-19(10-15-24)23-20(25)21(11-3-12-21)17-4-6-18(22)7-5-17/h4-8,19H,3,9-15H2,1-2H3,(H,23,25). The molecule has 1 saturated heterocycles. The summed E-state index contributed by atoms with van der Waals surface area (Å²) in [5, 5.41) is 3.37. The first-order valence-electron chi connectivity index (χ1n) is 9.42. The topological polar surface area (TPSA) is 32.3 Å². The second-order valence-corrected chi connectivity index (χ2v) is 8.69. The number of amides is 1. The largest absolute Gasteiger partial charge is 0.353 e. The lowest BCUT2D eigenvalue weighted by Crippen LogP contribution is -2.54. The van der Waals surface area contributed by atoms with Crippen molar-refractivity contribution in [1.29, 1.82) is 0 Å². The van der Waals surface area contributed by atoms with Crippen LogP contribution in [-0.4, -0.2) is 36.5 Å². The van der Waals surface area contributed by atoms with Crippen molar-refractivity contribution in [2.75, 3.05) is 19.6 Å². The second-order valence-electron chi connectivity index (χ2n) is 7.77. The van der Waals surface area contributed by atoms with Crippen LogP contribution in [0, 0.1) is 0 Å². The van der Waals surface area contributed by atoms with Gasteiger partial charge in [0.15, 0.2) is 0 Å². The van der Waals surface area contributed by atoms with Crippen LogP contribution in [0.5, 0.6) is 0 Å². The van der Waals surface area contributed by atoms with Crippen molar-refractivity contribution in [3.05, 3.63) is 46.0 Å². The quantitative estimate of drug-likeness (QED) is 0.736. The molecule has 3 nitrogen and oxygen atoms in total. The summed E-state index contributed by atoms with van der Waals surface area (Å²) in [5.74, 6) is 0.240. The molecule has 2 aliphatic rings. The Kier molecular flexibility index (Phi) is 6.00. The van der Waals surface area contributed by atoms with Gasteiger partial charge in [-0.2, -0.15) is 0 Å². The number of rotatable bonds is 5. The predicted molar refractivity (Wildman–Crippen MR) is 107 cm³/mol. The molecular formula is C21H29BrN2O. The minimum atomic E-state index is -0.292. The summed E-state index contributed by atoms with van der Waals surface area (Å²) >= 11 is 3.49. The SMILES string of the molecule is CC(C)=CCN1CCC(NC(=O)C2(c3ccc(Br)cc3)CCC2)CC1. The van der Waals surface area contributed by atoms with Crippen LogP contribution in [0.4, 0.5) is 0 Å². The minimum Gasteiger partial charge on any atom is -0.353 e. The summed E-state index contributed by atoms with van der Waals surface area (Å²) in [7, 11) is 0. The molecule has 0 spiro atoms. The summed E-state index contributed by atoms with van der Waals surface area (Å²) in [6, 6.07) is 8.62. The molecule has 1 aliphatic carbocycles. The molecule has 25 heavy (non-hydrogen) atoms. The van der Waals surface area contributed by atoms with Gasteiger partial charge in [0, 0.05) is 30.1 Å². The van der Waals surface area contributed by atoms with E-state index < -0.39 is 0 Å². The van der Waals surface area contributed by atoms with Gasteiger partial charge in [-0.1, -0.05) is 46.1 Å². The Hall–Kier alpha value is -1.13. The van der Waals surface area contributed by atoms with Crippen molar-refractivity contribution in [3.63, 3.8) is 0 Å². The average Bonchev–Trinajstić information content (AvgIpc) is 2.55. The monoisotopic (exact) mass is 404 g/mol. The fourth-order valence-electron chi connectivity index (χ4n) is 3.84. The zero-order chi connectivity index (χ0) is 17.9. The average molecular weight is 405 g/mol. The molecule has 4 heteroatoms. The molecule has 1 saturated carbocycles. The Morgan fingerprint density at radius 1 is 1.24 bits per heavy atom. The third-order valence-electron chi connectivity index (χ3n) is 5.72. The van der Waals surface area contributed by atoms with E-state index in [0.29, 0.717) is 6.04 Å². The number of piperidine rings is 1. The van der Waals surface area contributed by atoms with Crippen LogP contribution in [0.2, 0.25) is 0 Å². The first-order valence-corrected chi connectivity index (χ1v) is 10.2. The Balaban J connectivity index is 1.57. The number of hydrogen-bond acceptors (Lipinski definition) is 2. The molecule has 1 heterocycles. The lowest BCUT2D eigenvalue weighted by atomic mass is 9.63. The van der Waals surface area contributed by atoms with E-state index in [1.165, 1.54) is 11.1 Å². The molecule has 1 aliphatic heterocycles. The molecule has 1 amide bonds. The molecule has 1 aromatic carbocycles. The van der Waals surface area contributed by atoms with Crippen molar-refractivity contribution in [2.45, 2.75) is 57.4 Å². The van der Waals surface area contributed by atoms with E-state index in [9.17, 15) is 4.79 Å². The van der Waals surface area contributed by atoms with Crippen LogP contribution in [0.3, 0.4) is 0 Å². The van der Waals surface area contributed by atoms with Crippen molar-refractivity contribution in [3.8, 4) is 0 Å². The maximum atomic E-state index is 13.1. The van der Waals surface area contributed by atoms with Gasteiger partial charge in [0.05, 0.1) is 5.41 Å². The fourth-order valence-corrected chi connectivity index (χ4v) is 4.11. The van der Waals surface area contributed by atoms with E-state index >= 15 is 0 Å². The molecule has 0 unspecified atom stereocenters. The Morgan fingerprint density at radius 2 is 1.88 bits per heavy atom. The van der Waals surface area contributed by atoms with Gasteiger partial charge in [-0.05, 0) is 57.2 Å². The van der Waals surface area contributed by atoms with Crippen LogP contribution >= 0.6 is 15.9 Å². The maximum Gasteiger partial charge on any atom is 0.230 e. The van der Waals surface area contributed by atoms with Crippen molar-refractivity contribution in [1.82, 2.24) is 10.2 Å². The molecular weight excluding hydrogens is 376 g/mol. The smallest absolute Gasteiger partial charge is 0.230 e. The number of carbonyl (C=O) groups excluding carboxylic acids is 1. The highest BCUT2D eigenvalue weighted by atomic mass is 79.9. The van der Waals surface area contributed by atoms with Gasteiger partial charge in [0.25, 0.3) is 0 Å². The van der Waals surface area contributed by atoms with E-state index in [4.69, 9.17) is 0 Å². The Labute approximate surface area is 160 Å². The number of likely N-dealkylation sites (tertiary alicyclic amines) is 1. The maximum absolute atomic E-state index is 13.1. The van der Waals surface area contributed by atoms with Gasteiger partial charge in [-0.25, -0.2) is 0 Å². The van der Waals surface area contributed by atoms with Gasteiger partial charge in [0.2, 0.25) is 5.91 Å². The number of nitrogens with zero attached hydrogens (tertiary/aromatic N) is 1. The van der Waals surface area contributed by atoms with Crippen molar-refractivity contribution >= 4 is 21.8 Å². The van der Waals surface area contributed by atoms with Gasteiger partial charge in [0.1, 0.15) is 0 Å². The predicted octanol–water partition coefficient (Wildman–Crippen LogP) is 4.42. The molecule has 3 rings (SSSR count). The summed E-state index contributed by atoms with van der Waals surface area (Å²) < 4.78 is 1.06. The molecule has 1 N–H and O–H groups in total. The van der Waals surface area contributed by atoms with E-state index in [1.807, 2.05) is 12.1 Å². The van der Waals surface area contributed by atoms with Gasteiger partial charge in [-0.3, -0.25) is 9.69 Å². The lowest BCUT2D eigenvalue weighted by molar-refractivity contribution is -0.131. The summed E-state index contributed by atoms with van der Waals surface area (Å²) in [4.78, 5) is 15.5. The Bertz CT molecular complexity index is 622. The van der Waals surface area contributed by atoms with Crippen LogP contribution in [0.25, 0.3) is 0 Å². The number of benzene rings is 1. The van der Waals surface area contributed by atoms with E-state index in [-0.39, 0.29) is 11.3 Å². The first-order chi connectivity index (χ1) is 12.0. The highest BCUT2D eigenvalue weighted by Crippen LogP contribution is 2.44. The van der Waals surface area contributed by atoms with Gasteiger partial charge < -0.3 is 5.32 Å². The lowest BCUT2D eigenvalue weighted by Gasteiger charge is -2.42. The third-order valence-corrected chi connectivity index (χ3v) is 6.25. The molecule has 0 bridgehead atoms. The van der Waals surface area contributed by atoms with Gasteiger partial charge >= 0.3 is 0 Å². The zero-order valence-corrected chi connectivity index (χ0v) is 16.9. The summed E-state index contributed by atoms with van der Waals surface area (Å²) in [5.41, 5.74) is 2.25. The Morgan fingerprint density at radius 3 is 2.40 bits per heavy atom. The number of hydrogen-bond donors (Lipinski definition) is 1. The molecule has 0 aromatic heterocycles. The molecule has 0 radical (unpaired) electrons. The molecule has 1 aromatic rings. The van der Waals surface area contributed by atoms with Gasteiger partial charge in [-0.15, -0.1) is 0 Å². The van der Waals surface area contributed by atoms with E-state index in [1.54, 1.807) is 0 Å². The highest BCUT2D eigenvalue weighted by molar-refractivity contribution is 9.10. The number of allylic oxidation sites excluding steroid dienone is 1. The third kappa shape index (κ3) is 4.35. The number of nitrogens with one attached hydrogen (secondary N) is 1. The van der Waals surface area contributed by atoms with Crippen LogP contribution in [-0.2, 0) is 10.2 Å². The molecule has 0 atom stereocenters. The minimum absolute atomic E-state index is 0.240. The normalized spacial score (nSPS) is 20.6. The fraction of sp³-hybridized carbons (Fsp3) is 0.571. The number of halogens is 1. The second kappa shape index (κ2) is 8.05. The zero-order valence-electron chi connectivity index (χ0n) is 15.4. The van der Waals surface area contributed by atoms with E-state index in [2.05, 4.69) is 58.2 Å². The van der Waals surface area contributed by atoms with E-state index in [0.717, 1.165) is 56.2 Å². The number of carbonyl (C=O) groups is 1. The summed E-state index contributed by atoms with van der Waals surface area (Å²) in [6.07, 6.45) is 7.48. The first kappa shape index (κ1) is 18.7. The summed E-state index contributed by atoms with van der Waals surface area (Å²) in [6.45, 7) is 7.46. The molecule has 2 fully saturated rings. The molecule has 136 valence electrons. The van der Waals surface area contributed by atoms with Crippen LogP contribution in [0.1, 0.15) is 51.5 Å². The van der Waals surface area contributed by atoms with Crippen LogP contribution in [0.15, 0.2) is 40.4 Å². The highest BCUT2D eigenvalue weighted by Gasteiger charge is 2.46. The van der Waals surface area contributed by atoms with Crippen molar-refractivity contribution in [2.24, 2.45) is 0 Å².